The van der Waals surface area contributed by atoms with Gasteiger partial charge in [0.2, 0.25) is 17.7 Å². The van der Waals surface area contributed by atoms with Gasteiger partial charge in [-0.1, -0.05) is 12.1 Å². The second kappa shape index (κ2) is 8.11. The van der Waals surface area contributed by atoms with Crippen molar-refractivity contribution in [3.63, 3.8) is 0 Å². The van der Waals surface area contributed by atoms with Crippen LogP contribution in [-0.4, -0.2) is 59.2 Å². The van der Waals surface area contributed by atoms with Crippen molar-refractivity contribution in [1.82, 2.24) is 20.0 Å². The highest BCUT2D eigenvalue weighted by molar-refractivity contribution is 5.76. The summed E-state index contributed by atoms with van der Waals surface area (Å²) in [4.78, 5) is 16.6. The fourth-order valence-electron chi connectivity index (χ4n) is 2.95. The zero-order valence-electron chi connectivity index (χ0n) is 14.8. The van der Waals surface area contributed by atoms with E-state index in [1.54, 1.807) is 14.0 Å². The van der Waals surface area contributed by atoms with Gasteiger partial charge in [0.05, 0.1) is 13.7 Å². The van der Waals surface area contributed by atoms with E-state index in [1.807, 2.05) is 29.2 Å². The van der Waals surface area contributed by atoms with Gasteiger partial charge < -0.3 is 14.1 Å². The average molecular weight is 344 g/mol. The molecule has 1 aromatic heterocycles. The van der Waals surface area contributed by atoms with Gasteiger partial charge in [-0.25, -0.2) is 0 Å². The van der Waals surface area contributed by atoms with Crippen LogP contribution >= 0.6 is 0 Å². The Morgan fingerprint density at radius 3 is 2.48 bits per heavy atom. The first-order valence-corrected chi connectivity index (χ1v) is 8.56. The molecule has 1 fully saturated rings. The predicted molar refractivity (Wildman–Crippen MR) is 92.2 cm³/mol. The van der Waals surface area contributed by atoms with Gasteiger partial charge in [0.15, 0.2) is 0 Å². The number of rotatable bonds is 6. The van der Waals surface area contributed by atoms with Crippen molar-refractivity contribution in [3.05, 3.63) is 41.6 Å². The SMILES string of the molecule is COc1ccc(CCC(=O)N2CCN(Cc3nnc(C)o3)CC2)cc1. The summed E-state index contributed by atoms with van der Waals surface area (Å²) in [6, 6.07) is 7.88. The third-order valence-electron chi connectivity index (χ3n) is 4.44. The van der Waals surface area contributed by atoms with Crippen LogP contribution in [0.3, 0.4) is 0 Å². The minimum absolute atomic E-state index is 0.212. The van der Waals surface area contributed by atoms with Crippen LogP contribution in [0.15, 0.2) is 28.7 Å². The largest absolute Gasteiger partial charge is 0.497 e. The molecule has 3 rings (SSSR count). The molecule has 7 heteroatoms. The van der Waals surface area contributed by atoms with Crippen molar-refractivity contribution in [2.75, 3.05) is 33.3 Å². The summed E-state index contributed by atoms with van der Waals surface area (Å²) in [7, 11) is 1.65. The molecule has 0 saturated carbocycles. The Morgan fingerprint density at radius 2 is 1.88 bits per heavy atom. The molecule has 0 N–H and O–H groups in total. The third-order valence-corrected chi connectivity index (χ3v) is 4.44. The van der Waals surface area contributed by atoms with Crippen molar-refractivity contribution >= 4 is 5.91 Å². The van der Waals surface area contributed by atoms with Crippen molar-refractivity contribution in [2.24, 2.45) is 0 Å². The van der Waals surface area contributed by atoms with Gasteiger partial charge in [0, 0.05) is 39.5 Å². The molecule has 0 aliphatic carbocycles. The maximum absolute atomic E-state index is 12.4. The lowest BCUT2D eigenvalue weighted by molar-refractivity contribution is -0.133. The summed E-state index contributed by atoms with van der Waals surface area (Å²) in [5.41, 5.74) is 1.15. The molecular weight excluding hydrogens is 320 g/mol. The van der Waals surface area contributed by atoms with Gasteiger partial charge in [0.25, 0.3) is 0 Å². The number of hydrogen-bond acceptors (Lipinski definition) is 6. The normalized spacial score (nSPS) is 15.4. The number of amides is 1. The number of piperazine rings is 1. The maximum Gasteiger partial charge on any atom is 0.230 e. The molecular formula is C18H24N4O3. The molecule has 25 heavy (non-hydrogen) atoms. The third kappa shape index (κ3) is 4.79. The Hall–Kier alpha value is -2.41. The monoisotopic (exact) mass is 344 g/mol. The van der Waals surface area contributed by atoms with Crippen LogP contribution in [-0.2, 0) is 17.8 Å². The van der Waals surface area contributed by atoms with Gasteiger partial charge in [0.1, 0.15) is 5.75 Å². The molecule has 1 saturated heterocycles. The summed E-state index contributed by atoms with van der Waals surface area (Å²) >= 11 is 0. The molecule has 0 radical (unpaired) electrons. The van der Waals surface area contributed by atoms with Gasteiger partial charge in [-0.05, 0) is 24.1 Å². The van der Waals surface area contributed by atoms with E-state index in [0.717, 1.165) is 43.9 Å². The van der Waals surface area contributed by atoms with Crippen molar-refractivity contribution in [2.45, 2.75) is 26.3 Å². The Morgan fingerprint density at radius 1 is 1.16 bits per heavy atom. The molecule has 0 atom stereocenters. The Balaban J connectivity index is 1.41. The van der Waals surface area contributed by atoms with Crippen molar-refractivity contribution in [3.8, 4) is 5.75 Å². The lowest BCUT2D eigenvalue weighted by atomic mass is 10.1. The average Bonchev–Trinajstić information content (AvgIpc) is 3.05. The number of aryl methyl sites for hydroxylation is 2. The summed E-state index contributed by atoms with van der Waals surface area (Å²) in [6.07, 6.45) is 1.29. The lowest BCUT2D eigenvalue weighted by Crippen LogP contribution is -2.48. The standard InChI is InChI=1S/C18H24N4O3/c1-14-19-20-17(25-14)13-21-9-11-22(12-10-21)18(23)8-5-15-3-6-16(24-2)7-4-15/h3-4,6-7H,5,8-13H2,1-2H3. The molecule has 0 spiro atoms. The van der Waals surface area contributed by atoms with Gasteiger partial charge >= 0.3 is 0 Å². The van der Waals surface area contributed by atoms with Gasteiger partial charge in [-0.2, -0.15) is 0 Å². The summed E-state index contributed by atoms with van der Waals surface area (Å²) < 4.78 is 10.6. The highest BCUT2D eigenvalue weighted by Crippen LogP contribution is 2.14. The number of carbonyl (C=O) groups excluding carboxylic acids is 1. The summed E-state index contributed by atoms with van der Waals surface area (Å²) in [6.45, 7) is 5.58. The molecule has 0 unspecified atom stereocenters. The maximum atomic E-state index is 12.4. The van der Waals surface area contributed by atoms with Crippen molar-refractivity contribution < 1.29 is 13.9 Å². The lowest BCUT2D eigenvalue weighted by Gasteiger charge is -2.34. The van der Waals surface area contributed by atoms with Crippen LogP contribution in [0.5, 0.6) is 5.75 Å². The summed E-state index contributed by atoms with van der Waals surface area (Å²) in [5, 5.41) is 7.87. The van der Waals surface area contributed by atoms with Crippen LogP contribution in [0.25, 0.3) is 0 Å². The van der Waals surface area contributed by atoms with E-state index in [2.05, 4.69) is 15.1 Å². The number of carbonyl (C=O) groups is 1. The zero-order chi connectivity index (χ0) is 17.6. The highest BCUT2D eigenvalue weighted by Gasteiger charge is 2.22. The van der Waals surface area contributed by atoms with E-state index >= 15 is 0 Å². The van der Waals surface area contributed by atoms with Crippen molar-refractivity contribution in [1.29, 1.82) is 0 Å². The quantitative estimate of drug-likeness (QED) is 0.794. The Labute approximate surface area is 147 Å². The van der Waals surface area contributed by atoms with E-state index in [9.17, 15) is 4.79 Å². The Kier molecular flexibility index (Phi) is 5.65. The molecule has 2 aromatic rings. The van der Waals surface area contributed by atoms with Crippen LogP contribution in [0.4, 0.5) is 0 Å². The van der Waals surface area contributed by atoms with E-state index in [4.69, 9.17) is 9.15 Å². The second-order valence-electron chi connectivity index (χ2n) is 6.22. The fourth-order valence-corrected chi connectivity index (χ4v) is 2.95. The van der Waals surface area contributed by atoms with Crippen LogP contribution in [0, 0.1) is 6.92 Å². The topological polar surface area (TPSA) is 71.7 Å². The first kappa shape index (κ1) is 17.4. The molecule has 1 amide bonds. The number of hydrogen-bond donors (Lipinski definition) is 0. The number of ether oxygens (including phenoxy) is 1. The predicted octanol–water partition coefficient (Wildman–Crippen LogP) is 1.66. The smallest absolute Gasteiger partial charge is 0.230 e. The minimum atomic E-state index is 0.212. The first-order chi connectivity index (χ1) is 12.1. The van der Waals surface area contributed by atoms with E-state index in [1.165, 1.54) is 0 Å². The highest BCUT2D eigenvalue weighted by atomic mass is 16.5. The van der Waals surface area contributed by atoms with Gasteiger partial charge in [-0.3, -0.25) is 9.69 Å². The second-order valence-corrected chi connectivity index (χ2v) is 6.22. The molecule has 1 aliphatic heterocycles. The van der Waals surface area contributed by atoms with E-state index in [0.29, 0.717) is 24.7 Å². The van der Waals surface area contributed by atoms with Crippen LogP contribution < -0.4 is 4.74 Å². The fraction of sp³-hybridized carbons (Fsp3) is 0.500. The number of methoxy groups -OCH3 is 1. The van der Waals surface area contributed by atoms with E-state index < -0.39 is 0 Å². The van der Waals surface area contributed by atoms with Crippen LogP contribution in [0.1, 0.15) is 23.8 Å². The summed E-state index contributed by atoms with van der Waals surface area (Å²) in [5.74, 6) is 2.27. The number of aromatic nitrogens is 2. The van der Waals surface area contributed by atoms with Crippen LogP contribution in [0.2, 0.25) is 0 Å². The zero-order valence-corrected chi connectivity index (χ0v) is 14.8. The van der Waals surface area contributed by atoms with Gasteiger partial charge in [-0.15, -0.1) is 10.2 Å². The first-order valence-electron chi connectivity index (χ1n) is 8.56. The molecule has 0 bridgehead atoms. The molecule has 7 nitrogen and oxygen atoms in total. The molecule has 1 aromatic carbocycles. The minimum Gasteiger partial charge on any atom is -0.497 e. The van der Waals surface area contributed by atoms with E-state index in [-0.39, 0.29) is 5.91 Å². The molecule has 1 aliphatic rings. The molecule has 2 heterocycles. The number of nitrogens with zero attached hydrogens (tertiary/aromatic N) is 4. The molecule has 134 valence electrons. The number of benzene rings is 1. The Bertz CT molecular complexity index is 691.